The van der Waals surface area contributed by atoms with Crippen LogP contribution in [0.2, 0.25) is 0 Å². The highest BCUT2D eigenvalue weighted by atomic mass is 15.6. The fourth-order valence-corrected chi connectivity index (χ4v) is 3.41. The number of quaternary nitrogens is 1. The van der Waals surface area contributed by atoms with Crippen LogP contribution in [0.15, 0.2) is 0 Å². The molecule has 0 unspecified atom stereocenters. The van der Waals surface area contributed by atoms with Gasteiger partial charge in [-0.05, 0) is 56.4 Å². The maximum atomic E-state index is 4.44. The Labute approximate surface area is 129 Å². The Bertz CT molecular complexity index is 430. The van der Waals surface area contributed by atoms with Crippen LogP contribution < -0.4 is 4.90 Å². The molecule has 1 aromatic rings. The molecule has 0 aliphatic carbocycles. The lowest BCUT2D eigenvalue weighted by atomic mass is 9.98. The summed E-state index contributed by atoms with van der Waals surface area (Å²) in [6.07, 6.45) is 6.44. The SMILES string of the molecule is CCC(C)(C)n1nnnc1[C@H](C(C)C)[NH+]1CCCCCC1. The van der Waals surface area contributed by atoms with E-state index >= 15 is 0 Å². The van der Waals surface area contributed by atoms with Crippen molar-refractivity contribution in [2.45, 2.75) is 78.3 Å². The maximum absolute atomic E-state index is 4.44. The number of likely N-dealkylation sites (tertiary alicyclic amines) is 1. The minimum atomic E-state index is -0.0166. The van der Waals surface area contributed by atoms with Crippen molar-refractivity contribution in [2.24, 2.45) is 5.92 Å². The smallest absolute Gasteiger partial charge is 0.210 e. The molecule has 21 heavy (non-hydrogen) atoms. The normalized spacial score (nSPS) is 19.7. The molecule has 120 valence electrons. The number of nitrogens with zero attached hydrogens (tertiary/aromatic N) is 4. The van der Waals surface area contributed by atoms with Crippen molar-refractivity contribution in [3.63, 3.8) is 0 Å². The number of hydrogen-bond donors (Lipinski definition) is 1. The van der Waals surface area contributed by atoms with Crippen molar-refractivity contribution in [2.75, 3.05) is 13.1 Å². The van der Waals surface area contributed by atoms with E-state index in [0.29, 0.717) is 12.0 Å². The lowest BCUT2D eigenvalue weighted by Crippen LogP contribution is -3.12. The summed E-state index contributed by atoms with van der Waals surface area (Å²) < 4.78 is 2.08. The van der Waals surface area contributed by atoms with E-state index in [4.69, 9.17) is 0 Å². The van der Waals surface area contributed by atoms with Crippen LogP contribution in [-0.4, -0.2) is 33.3 Å². The lowest BCUT2D eigenvalue weighted by molar-refractivity contribution is -0.935. The van der Waals surface area contributed by atoms with Crippen LogP contribution in [-0.2, 0) is 5.54 Å². The average Bonchev–Trinajstić information content (AvgIpc) is 2.76. The van der Waals surface area contributed by atoms with E-state index in [-0.39, 0.29) is 5.54 Å². The van der Waals surface area contributed by atoms with Gasteiger partial charge in [0.15, 0.2) is 6.04 Å². The van der Waals surface area contributed by atoms with E-state index in [2.05, 4.69) is 54.8 Å². The Morgan fingerprint density at radius 3 is 2.29 bits per heavy atom. The number of rotatable bonds is 5. The van der Waals surface area contributed by atoms with Gasteiger partial charge in [-0.1, -0.05) is 20.8 Å². The summed E-state index contributed by atoms with van der Waals surface area (Å²) in [5.74, 6) is 1.63. The molecule has 0 radical (unpaired) electrons. The van der Waals surface area contributed by atoms with Gasteiger partial charge >= 0.3 is 0 Å². The summed E-state index contributed by atoms with van der Waals surface area (Å²) in [6.45, 7) is 13.8. The zero-order valence-corrected chi connectivity index (χ0v) is 14.4. The van der Waals surface area contributed by atoms with Crippen LogP contribution in [0.1, 0.15) is 78.6 Å². The van der Waals surface area contributed by atoms with Crippen molar-refractivity contribution in [1.82, 2.24) is 20.2 Å². The first-order valence-corrected chi connectivity index (χ1v) is 8.60. The number of nitrogens with one attached hydrogen (secondary N) is 1. The Balaban J connectivity index is 2.32. The molecule has 0 bridgehead atoms. The molecule has 1 aliphatic heterocycles. The van der Waals surface area contributed by atoms with E-state index in [9.17, 15) is 0 Å². The third-order valence-corrected chi connectivity index (χ3v) is 5.06. The first-order valence-electron chi connectivity index (χ1n) is 8.60. The first kappa shape index (κ1) is 16.4. The van der Waals surface area contributed by atoms with Crippen LogP contribution in [0, 0.1) is 5.92 Å². The highest BCUT2D eigenvalue weighted by Gasteiger charge is 2.36. The standard InChI is InChI=1S/C16H31N5/c1-6-16(4,5)21-15(17-18-19-21)14(13(2)3)20-11-9-7-8-10-12-20/h13-14H,6-12H2,1-5H3/p+1/t14-/m0/s1. The molecule has 1 atom stereocenters. The van der Waals surface area contributed by atoms with Gasteiger partial charge < -0.3 is 4.90 Å². The Kier molecular flexibility index (Phi) is 5.36. The minimum absolute atomic E-state index is 0.0166. The molecular formula is C16H32N5+. The monoisotopic (exact) mass is 294 g/mol. The van der Waals surface area contributed by atoms with Crippen molar-refractivity contribution in [1.29, 1.82) is 0 Å². The fourth-order valence-electron chi connectivity index (χ4n) is 3.41. The van der Waals surface area contributed by atoms with Gasteiger partial charge in [-0.15, -0.1) is 5.10 Å². The van der Waals surface area contributed by atoms with Gasteiger partial charge in [0.2, 0.25) is 5.82 Å². The molecule has 1 saturated heterocycles. The summed E-state index contributed by atoms with van der Waals surface area (Å²) in [4.78, 5) is 1.67. The topological polar surface area (TPSA) is 48.0 Å². The molecule has 1 aromatic heterocycles. The van der Waals surface area contributed by atoms with Crippen molar-refractivity contribution < 1.29 is 4.90 Å². The molecule has 0 aromatic carbocycles. The summed E-state index contributed by atoms with van der Waals surface area (Å²) in [6, 6.07) is 0.406. The maximum Gasteiger partial charge on any atom is 0.210 e. The molecule has 0 saturated carbocycles. The Morgan fingerprint density at radius 1 is 1.14 bits per heavy atom. The van der Waals surface area contributed by atoms with Gasteiger partial charge in [0.1, 0.15) is 0 Å². The number of tetrazole rings is 1. The fraction of sp³-hybridized carbons (Fsp3) is 0.938. The van der Waals surface area contributed by atoms with Crippen molar-refractivity contribution in [3.05, 3.63) is 5.82 Å². The number of aromatic nitrogens is 4. The summed E-state index contributed by atoms with van der Waals surface area (Å²) >= 11 is 0. The Morgan fingerprint density at radius 2 is 1.76 bits per heavy atom. The van der Waals surface area contributed by atoms with E-state index in [1.807, 2.05) is 0 Å². The van der Waals surface area contributed by atoms with E-state index < -0.39 is 0 Å². The third-order valence-electron chi connectivity index (χ3n) is 5.06. The molecule has 2 heterocycles. The highest BCUT2D eigenvalue weighted by Crippen LogP contribution is 2.24. The van der Waals surface area contributed by atoms with Gasteiger partial charge in [-0.3, -0.25) is 0 Å². The molecule has 1 fully saturated rings. The predicted octanol–water partition coefficient (Wildman–Crippen LogP) is 1.97. The highest BCUT2D eigenvalue weighted by molar-refractivity contribution is 4.94. The van der Waals surface area contributed by atoms with Crippen molar-refractivity contribution >= 4 is 0 Å². The first-order chi connectivity index (χ1) is 9.97. The quantitative estimate of drug-likeness (QED) is 0.903. The zero-order valence-electron chi connectivity index (χ0n) is 14.4. The van der Waals surface area contributed by atoms with Crippen LogP contribution >= 0.6 is 0 Å². The van der Waals surface area contributed by atoms with Gasteiger partial charge in [-0.25, -0.2) is 4.68 Å². The molecule has 0 amide bonds. The molecule has 2 rings (SSSR count). The minimum Gasteiger partial charge on any atom is -0.326 e. The molecule has 1 aliphatic rings. The predicted molar refractivity (Wildman–Crippen MR) is 84.2 cm³/mol. The molecule has 5 nitrogen and oxygen atoms in total. The second kappa shape index (κ2) is 6.86. The van der Waals surface area contributed by atoms with Crippen molar-refractivity contribution in [3.8, 4) is 0 Å². The largest absolute Gasteiger partial charge is 0.326 e. The second-order valence-electron chi connectivity index (χ2n) is 7.41. The van der Waals surface area contributed by atoms with Crippen LogP contribution in [0.5, 0.6) is 0 Å². The van der Waals surface area contributed by atoms with Crippen LogP contribution in [0.25, 0.3) is 0 Å². The van der Waals surface area contributed by atoms with Gasteiger partial charge in [0.05, 0.1) is 18.6 Å². The molecule has 5 heteroatoms. The number of hydrogen-bond acceptors (Lipinski definition) is 3. The molecule has 0 spiro atoms. The van der Waals surface area contributed by atoms with Gasteiger partial charge in [-0.2, -0.15) is 0 Å². The van der Waals surface area contributed by atoms with Crippen LogP contribution in [0.3, 0.4) is 0 Å². The van der Waals surface area contributed by atoms with E-state index in [1.54, 1.807) is 4.90 Å². The van der Waals surface area contributed by atoms with E-state index in [0.717, 1.165) is 12.2 Å². The lowest BCUT2D eigenvalue weighted by Gasteiger charge is -2.32. The zero-order chi connectivity index (χ0) is 15.5. The van der Waals surface area contributed by atoms with E-state index in [1.165, 1.54) is 38.8 Å². The summed E-state index contributed by atoms with van der Waals surface area (Å²) in [5.41, 5.74) is -0.0166. The third kappa shape index (κ3) is 3.62. The van der Waals surface area contributed by atoms with Gasteiger partial charge in [0, 0.05) is 5.92 Å². The van der Waals surface area contributed by atoms with Crippen LogP contribution in [0.4, 0.5) is 0 Å². The van der Waals surface area contributed by atoms with Gasteiger partial charge in [0.25, 0.3) is 0 Å². The summed E-state index contributed by atoms with van der Waals surface area (Å²) in [7, 11) is 0. The molecule has 1 N–H and O–H groups in total. The Hall–Kier alpha value is -0.970. The second-order valence-corrected chi connectivity index (χ2v) is 7.41. The summed E-state index contributed by atoms with van der Waals surface area (Å²) in [5, 5.41) is 12.8. The molecular weight excluding hydrogens is 262 g/mol. The average molecular weight is 294 g/mol.